The van der Waals surface area contributed by atoms with Crippen LogP contribution in [0, 0.1) is 0 Å². The Bertz CT molecular complexity index is 214. The van der Waals surface area contributed by atoms with Crippen LogP contribution in [0.25, 0.3) is 0 Å². The lowest BCUT2D eigenvalue weighted by Gasteiger charge is -2.24. The molecule has 0 aromatic carbocycles. The second kappa shape index (κ2) is 5.59. The quantitative estimate of drug-likeness (QED) is 0.535. The van der Waals surface area contributed by atoms with Crippen LogP contribution in [0.1, 0.15) is 27.2 Å². The molecule has 0 atom stereocenters. The molecule has 0 aliphatic heterocycles. The van der Waals surface area contributed by atoms with E-state index < -0.39 is 5.54 Å². The van der Waals surface area contributed by atoms with Crippen molar-refractivity contribution in [2.75, 3.05) is 13.1 Å². The molecule has 0 saturated heterocycles. The van der Waals surface area contributed by atoms with Gasteiger partial charge in [-0.25, -0.2) is 0 Å². The minimum atomic E-state index is -0.434. The van der Waals surface area contributed by atoms with Gasteiger partial charge in [-0.2, -0.15) is 0 Å². The summed E-state index contributed by atoms with van der Waals surface area (Å²) in [5, 5.41) is 5.62. The Kier molecular flexibility index (Phi) is 5.15. The van der Waals surface area contributed by atoms with Gasteiger partial charge in [-0.1, -0.05) is 0 Å². The Morgan fingerprint density at radius 2 is 1.93 bits per heavy atom. The van der Waals surface area contributed by atoms with E-state index >= 15 is 0 Å². The van der Waals surface area contributed by atoms with Crippen molar-refractivity contribution < 1.29 is 9.59 Å². The topological polar surface area (TPSA) is 84.2 Å². The zero-order valence-electron chi connectivity index (χ0n) is 9.02. The number of hydrogen-bond donors (Lipinski definition) is 3. The van der Waals surface area contributed by atoms with Crippen molar-refractivity contribution in [2.24, 2.45) is 5.73 Å². The lowest BCUT2D eigenvalue weighted by molar-refractivity contribution is -0.122. The summed E-state index contributed by atoms with van der Waals surface area (Å²) in [5.41, 5.74) is 4.63. The summed E-state index contributed by atoms with van der Waals surface area (Å²) in [4.78, 5) is 21.8. The average Bonchev–Trinajstić information content (AvgIpc) is 1.99. The third kappa shape index (κ3) is 6.42. The highest BCUT2D eigenvalue weighted by Crippen LogP contribution is 2.06. The van der Waals surface area contributed by atoms with E-state index in [2.05, 4.69) is 10.6 Å². The van der Waals surface area contributed by atoms with Crippen molar-refractivity contribution in [3.8, 4) is 0 Å². The first-order valence-electron chi connectivity index (χ1n) is 4.67. The largest absolute Gasteiger partial charge is 0.370 e. The summed E-state index contributed by atoms with van der Waals surface area (Å²) in [6, 6.07) is 0. The minimum absolute atomic E-state index is 0.0787. The zero-order chi connectivity index (χ0) is 11.2. The van der Waals surface area contributed by atoms with Crippen molar-refractivity contribution in [3.63, 3.8) is 0 Å². The van der Waals surface area contributed by atoms with E-state index in [0.717, 1.165) is 0 Å². The lowest BCUT2D eigenvalue weighted by Crippen LogP contribution is -2.47. The predicted octanol–water partition coefficient (Wildman–Crippen LogP) is -0.634. The van der Waals surface area contributed by atoms with Crippen molar-refractivity contribution >= 4 is 11.8 Å². The predicted molar refractivity (Wildman–Crippen MR) is 54.6 cm³/mol. The van der Waals surface area contributed by atoms with Gasteiger partial charge in [0.25, 0.3) is 0 Å². The first-order chi connectivity index (χ1) is 6.37. The van der Waals surface area contributed by atoms with Crippen LogP contribution in [0.3, 0.4) is 0 Å². The van der Waals surface area contributed by atoms with E-state index in [4.69, 9.17) is 5.73 Å². The van der Waals surface area contributed by atoms with Crippen molar-refractivity contribution in [1.82, 2.24) is 10.6 Å². The molecule has 0 rings (SSSR count). The van der Waals surface area contributed by atoms with Crippen molar-refractivity contribution in [2.45, 2.75) is 32.7 Å². The first-order valence-corrected chi connectivity index (χ1v) is 4.67. The highest BCUT2D eigenvalue weighted by Gasteiger charge is 2.20. The van der Waals surface area contributed by atoms with Gasteiger partial charge in [-0.05, 0) is 20.8 Å². The number of nitrogens with one attached hydrogen (secondary N) is 2. The SMILES string of the molecule is CCNC(=O)CNC(C)(C)CC(N)=O. The summed E-state index contributed by atoms with van der Waals surface area (Å²) in [7, 11) is 0. The van der Waals surface area contributed by atoms with Gasteiger partial charge in [0.15, 0.2) is 0 Å². The molecule has 0 aliphatic carbocycles. The monoisotopic (exact) mass is 201 g/mol. The van der Waals surface area contributed by atoms with Crippen LogP contribution in [-0.2, 0) is 9.59 Å². The van der Waals surface area contributed by atoms with E-state index in [-0.39, 0.29) is 24.8 Å². The Hall–Kier alpha value is -1.10. The third-order valence-electron chi connectivity index (χ3n) is 1.72. The number of likely N-dealkylation sites (N-methyl/N-ethyl adjacent to an activating group) is 1. The van der Waals surface area contributed by atoms with Gasteiger partial charge in [-0.15, -0.1) is 0 Å². The van der Waals surface area contributed by atoms with Gasteiger partial charge >= 0.3 is 0 Å². The zero-order valence-corrected chi connectivity index (χ0v) is 9.02. The Morgan fingerprint density at radius 3 is 2.36 bits per heavy atom. The number of rotatable bonds is 6. The van der Waals surface area contributed by atoms with Crippen LogP contribution in [0.2, 0.25) is 0 Å². The van der Waals surface area contributed by atoms with Crippen molar-refractivity contribution in [3.05, 3.63) is 0 Å². The molecule has 0 heterocycles. The summed E-state index contributed by atoms with van der Waals surface area (Å²) in [6.07, 6.45) is 0.215. The summed E-state index contributed by atoms with van der Waals surface area (Å²) in [5.74, 6) is -0.455. The second-order valence-corrected chi connectivity index (χ2v) is 3.83. The fourth-order valence-electron chi connectivity index (χ4n) is 1.08. The molecule has 0 bridgehead atoms. The standard InChI is InChI=1S/C9H19N3O2/c1-4-11-8(14)6-12-9(2,3)5-7(10)13/h12H,4-6H2,1-3H3,(H2,10,13)(H,11,14). The molecular weight excluding hydrogens is 182 g/mol. The van der Waals surface area contributed by atoms with Crippen LogP contribution in [0.15, 0.2) is 0 Å². The molecule has 4 N–H and O–H groups in total. The number of amides is 2. The Labute approximate surface area is 84.4 Å². The molecule has 0 saturated carbocycles. The van der Waals surface area contributed by atoms with Gasteiger partial charge in [0.05, 0.1) is 6.54 Å². The molecule has 0 unspecified atom stereocenters. The first kappa shape index (κ1) is 12.9. The van der Waals surface area contributed by atoms with Gasteiger partial charge < -0.3 is 16.4 Å². The number of nitrogens with two attached hydrogens (primary N) is 1. The van der Waals surface area contributed by atoms with Crippen molar-refractivity contribution in [1.29, 1.82) is 0 Å². The molecule has 0 radical (unpaired) electrons. The van der Waals surface area contributed by atoms with Gasteiger partial charge in [-0.3, -0.25) is 9.59 Å². The van der Waals surface area contributed by atoms with Crippen LogP contribution in [0.4, 0.5) is 0 Å². The highest BCUT2D eigenvalue weighted by atomic mass is 16.2. The summed E-state index contributed by atoms with van der Waals surface area (Å²) in [6.45, 7) is 6.32. The molecule has 0 aliphatic rings. The molecule has 14 heavy (non-hydrogen) atoms. The molecule has 2 amide bonds. The van der Waals surface area contributed by atoms with E-state index in [1.807, 2.05) is 20.8 Å². The average molecular weight is 201 g/mol. The maximum atomic E-state index is 11.1. The smallest absolute Gasteiger partial charge is 0.233 e. The van der Waals surface area contributed by atoms with Crippen LogP contribution in [0.5, 0.6) is 0 Å². The van der Waals surface area contributed by atoms with Crippen LogP contribution < -0.4 is 16.4 Å². The Balaban J connectivity index is 3.86. The van der Waals surface area contributed by atoms with Crippen LogP contribution >= 0.6 is 0 Å². The minimum Gasteiger partial charge on any atom is -0.370 e. The normalized spacial score (nSPS) is 11.1. The highest BCUT2D eigenvalue weighted by molar-refractivity contribution is 5.78. The Morgan fingerprint density at radius 1 is 1.36 bits per heavy atom. The molecule has 5 nitrogen and oxygen atoms in total. The molecule has 82 valence electrons. The molecule has 0 spiro atoms. The maximum Gasteiger partial charge on any atom is 0.233 e. The fraction of sp³-hybridized carbons (Fsp3) is 0.778. The number of carbonyl (C=O) groups excluding carboxylic acids is 2. The molecule has 0 fully saturated rings. The summed E-state index contributed by atoms with van der Waals surface area (Å²) < 4.78 is 0. The molecule has 0 aromatic heterocycles. The lowest BCUT2D eigenvalue weighted by atomic mass is 10.0. The number of primary amides is 1. The van der Waals surface area contributed by atoms with Gasteiger partial charge in [0.2, 0.25) is 11.8 Å². The maximum absolute atomic E-state index is 11.1. The van der Waals surface area contributed by atoms with Gasteiger partial charge in [0, 0.05) is 18.5 Å². The molecule has 0 aromatic rings. The van der Waals surface area contributed by atoms with E-state index in [9.17, 15) is 9.59 Å². The van der Waals surface area contributed by atoms with E-state index in [1.54, 1.807) is 0 Å². The second-order valence-electron chi connectivity index (χ2n) is 3.83. The number of carbonyl (C=O) groups is 2. The summed E-state index contributed by atoms with van der Waals surface area (Å²) >= 11 is 0. The van der Waals surface area contributed by atoms with E-state index in [1.165, 1.54) is 0 Å². The molecule has 5 heteroatoms. The van der Waals surface area contributed by atoms with Gasteiger partial charge in [0.1, 0.15) is 0 Å². The number of hydrogen-bond acceptors (Lipinski definition) is 3. The van der Waals surface area contributed by atoms with E-state index in [0.29, 0.717) is 6.54 Å². The molecular formula is C9H19N3O2. The fourth-order valence-corrected chi connectivity index (χ4v) is 1.08. The van der Waals surface area contributed by atoms with Crippen LogP contribution in [-0.4, -0.2) is 30.4 Å². The third-order valence-corrected chi connectivity index (χ3v) is 1.72.